The molecule has 130 valence electrons. The molecule has 0 unspecified atom stereocenters. The minimum Gasteiger partial charge on any atom is -0.463 e. The number of hydrogen-bond donors (Lipinski definition) is 1. The van der Waals surface area contributed by atoms with E-state index in [9.17, 15) is 4.79 Å². The molecule has 0 fully saturated rings. The highest BCUT2D eigenvalue weighted by atomic mass is 16.5. The topological polar surface area (TPSA) is 82.2 Å². The Bertz CT molecular complexity index is 853. The summed E-state index contributed by atoms with van der Waals surface area (Å²) in [7, 11) is 0. The Kier molecular flexibility index (Phi) is 4.83. The van der Waals surface area contributed by atoms with Gasteiger partial charge in [0, 0.05) is 11.6 Å². The van der Waals surface area contributed by atoms with Crippen molar-refractivity contribution in [1.29, 1.82) is 0 Å². The number of carbonyl (C=O) groups is 1. The van der Waals surface area contributed by atoms with Crippen LogP contribution in [-0.4, -0.2) is 27.3 Å². The number of ether oxygens (including phenoxy) is 1. The van der Waals surface area contributed by atoms with Gasteiger partial charge in [-0.25, -0.2) is 4.68 Å². The van der Waals surface area contributed by atoms with Gasteiger partial charge in [-0.3, -0.25) is 4.79 Å². The normalized spacial score (nSPS) is 10.9. The van der Waals surface area contributed by atoms with E-state index in [0.717, 1.165) is 5.69 Å². The van der Waals surface area contributed by atoms with Crippen LogP contribution in [0.5, 0.6) is 6.01 Å². The number of hydrogen-bond acceptors (Lipinski definition) is 5. The second kappa shape index (κ2) is 7.21. The van der Waals surface area contributed by atoms with Gasteiger partial charge in [0.25, 0.3) is 0 Å². The predicted octanol–water partition coefficient (Wildman–Crippen LogP) is 3.52. The maximum atomic E-state index is 11.9. The van der Waals surface area contributed by atoms with Crippen LogP contribution in [0.4, 0.5) is 5.69 Å². The van der Waals surface area contributed by atoms with E-state index < -0.39 is 0 Å². The van der Waals surface area contributed by atoms with E-state index in [1.807, 2.05) is 45.0 Å². The fourth-order valence-corrected chi connectivity index (χ4v) is 2.23. The first kappa shape index (κ1) is 16.8. The van der Waals surface area contributed by atoms with Crippen LogP contribution in [0, 0.1) is 5.92 Å². The van der Waals surface area contributed by atoms with Crippen LogP contribution in [0.1, 0.15) is 20.8 Å². The lowest BCUT2D eigenvalue weighted by Crippen LogP contribution is -2.17. The molecule has 2 aromatic heterocycles. The SMILES string of the molecule is CCOc1nc(-c2ccco2)n(-c2cccc(NC(=O)C(C)C)c2)n1. The van der Waals surface area contributed by atoms with Crippen molar-refractivity contribution in [3.8, 4) is 23.3 Å². The lowest BCUT2D eigenvalue weighted by atomic mass is 10.2. The van der Waals surface area contributed by atoms with Gasteiger partial charge in [0.1, 0.15) is 0 Å². The van der Waals surface area contributed by atoms with E-state index in [1.165, 1.54) is 0 Å². The van der Waals surface area contributed by atoms with Gasteiger partial charge in [0.2, 0.25) is 11.7 Å². The zero-order valence-corrected chi connectivity index (χ0v) is 14.4. The van der Waals surface area contributed by atoms with Crippen molar-refractivity contribution in [2.75, 3.05) is 11.9 Å². The van der Waals surface area contributed by atoms with E-state index in [2.05, 4.69) is 15.4 Å². The second-order valence-corrected chi connectivity index (χ2v) is 5.73. The van der Waals surface area contributed by atoms with E-state index >= 15 is 0 Å². The van der Waals surface area contributed by atoms with Crippen LogP contribution in [0.25, 0.3) is 17.3 Å². The third kappa shape index (κ3) is 3.71. The Morgan fingerprint density at radius 2 is 2.16 bits per heavy atom. The lowest BCUT2D eigenvalue weighted by molar-refractivity contribution is -0.118. The first-order valence-electron chi connectivity index (χ1n) is 8.13. The number of anilines is 1. The molecule has 0 bridgehead atoms. The maximum Gasteiger partial charge on any atom is 0.336 e. The van der Waals surface area contributed by atoms with Gasteiger partial charge < -0.3 is 14.5 Å². The summed E-state index contributed by atoms with van der Waals surface area (Å²) >= 11 is 0. The smallest absolute Gasteiger partial charge is 0.336 e. The van der Waals surface area contributed by atoms with Crippen LogP contribution in [0.2, 0.25) is 0 Å². The number of amides is 1. The number of carbonyl (C=O) groups excluding carboxylic acids is 1. The molecular weight excluding hydrogens is 320 g/mol. The zero-order chi connectivity index (χ0) is 17.8. The molecule has 3 aromatic rings. The molecule has 2 heterocycles. The highest BCUT2D eigenvalue weighted by Gasteiger charge is 2.17. The molecule has 0 aliphatic heterocycles. The molecule has 1 amide bonds. The first-order valence-corrected chi connectivity index (χ1v) is 8.13. The molecule has 0 aliphatic carbocycles. The van der Waals surface area contributed by atoms with Crippen molar-refractivity contribution in [1.82, 2.24) is 14.8 Å². The summed E-state index contributed by atoms with van der Waals surface area (Å²) in [6.07, 6.45) is 1.58. The zero-order valence-electron chi connectivity index (χ0n) is 14.4. The second-order valence-electron chi connectivity index (χ2n) is 5.73. The Morgan fingerprint density at radius 3 is 2.84 bits per heavy atom. The van der Waals surface area contributed by atoms with Gasteiger partial charge in [-0.15, -0.1) is 5.10 Å². The number of nitrogens with one attached hydrogen (secondary N) is 1. The van der Waals surface area contributed by atoms with Crippen molar-refractivity contribution in [2.45, 2.75) is 20.8 Å². The fraction of sp³-hybridized carbons (Fsp3) is 0.278. The summed E-state index contributed by atoms with van der Waals surface area (Å²) in [6.45, 7) is 6.03. The van der Waals surface area contributed by atoms with Gasteiger partial charge in [0.05, 0.1) is 18.6 Å². The number of benzene rings is 1. The molecule has 7 nitrogen and oxygen atoms in total. The molecule has 1 N–H and O–H groups in total. The number of nitrogens with zero attached hydrogens (tertiary/aromatic N) is 3. The quantitative estimate of drug-likeness (QED) is 0.742. The molecule has 0 aliphatic rings. The molecule has 0 spiro atoms. The van der Waals surface area contributed by atoms with Gasteiger partial charge in [-0.1, -0.05) is 19.9 Å². The van der Waals surface area contributed by atoms with E-state index in [4.69, 9.17) is 9.15 Å². The summed E-state index contributed by atoms with van der Waals surface area (Å²) in [5.74, 6) is 0.964. The van der Waals surface area contributed by atoms with Crippen LogP contribution >= 0.6 is 0 Å². The summed E-state index contributed by atoms with van der Waals surface area (Å²) in [5.41, 5.74) is 1.43. The maximum absolute atomic E-state index is 11.9. The number of furan rings is 1. The molecular formula is C18H20N4O3. The minimum absolute atomic E-state index is 0.0444. The van der Waals surface area contributed by atoms with Gasteiger partial charge >= 0.3 is 6.01 Å². The Balaban J connectivity index is 1.99. The molecule has 0 saturated carbocycles. The largest absolute Gasteiger partial charge is 0.463 e. The summed E-state index contributed by atoms with van der Waals surface area (Å²) < 4.78 is 12.5. The van der Waals surface area contributed by atoms with E-state index in [1.54, 1.807) is 23.1 Å². The molecule has 0 atom stereocenters. The third-order valence-electron chi connectivity index (χ3n) is 3.49. The summed E-state index contributed by atoms with van der Waals surface area (Å²) in [5, 5.41) is 7.27. The molecule has 1 aromatic carbocycles. The van der Waals surface area contributed by atoms with Crippen LogP contribution < -0.4 is 10.1 Å². The van der Waals surface area contributed by atoms with Crippen LogP contribution in [0.15, 0.2) is 47.1 Å². The van der Waals surface area contributed by atoms with Gasteiger partial charge in [-0.05, 0) is 37.3 Å². The fourth-order valence-electron chi connectivity index (χ4n) is 2.23. The molecule has 3 rings (SSSR count). The van der Waals surface area contributed by atoms with Crippen LogP contribution in [0.3, 0.4) is 0 Å². The highest BCUT2D eigenvalue weighted by molar-refractivity contribution is 5.92. The molecule has 0 radical (unpaired) electrons. The Morgan fingerprint density at radius 1 is 1.32 bits per heavy atom. The van der Waals surface area contributed by atoms with Crippen molar-refractivity contribution >= 4 is 11.6 Å². The Labute approximate surface area is 145 Å². The molecule has 7 heteroatoms. The molecule has 0 saturated heterocycles. The first-order chi connectivity index (χ1) is 12.1. The lowest BCUT2D eigenvalue weighted by Gasteiger charge is -2.10. The molecule has 25 heavy (non-hydrogen) atoms. The highest BCUT2D eigenvalue weighted by Crippen LogP contribution is 2.25. The third-order valence-corrected chi connectivity index (χ3v) is 3.49. The average Bonchev–Trinajstić information content (AvgIpc) is 3.24. The standard InChI is InChI=1S/C18H20N4O3/c1-4-24-18-20-16(15-9-6-10-25-15)22(21-18)14-8-5-7-13(11-14)19-17(23)12(2)3/h5-12H,4H2,1-3H3,(H,19,23). The average molecular weight is 340 g/mol. The van der Waals surface area contributed by atoms with E-state index in [0.29, 0.717) is 23.9 Å². The predicted molar refractivity (Wildman–Crippen MR) is 93.7 cm³/mol. The number of rotatable bonds is 6. The van der Waals surface area contributed by atoms with Crippen molar-refractivity contribution < 1.29 is 13.9 Å². The van der Waals surface area contributed by atoms with Crippen molar-refractivity contribution in [3.05, 3.63) is 42.7 Å². The summed E-state index contributed by atoms with van der Waals surface area (Å²) in [6, 6.07) is 11.2. The van der Waals surface area contributed by atoms with Crippen molar-refractivity contribution in [2.24, 2.45) is 5.92 Å². The Hall–Kier alpha value is -3.09. The van der Waals surface area contributed by atoms with Gasteiger partial charge in [-0.2, -0.15) is 4.98 Å². The van der Waals surface area contributed by atoms with Crippen LogP contribution in [-0.2, 0) is 4.79 Å². The van der Waals surface area contributed by atoms with E-state index in [-0.39, 0.29) is 17.8 Å². The monoisotopic (exact) mass is 340 g/mol. The number of aromatic nitrogens is 3. The minimum atomic E-state index is -0.0988. The van der Waals surface area contributed by atoms with Gasteiger partial charge in [0.15, 0.2) is 5.76 Å². The summed E-state index contributed by atoms with van der Waals surface area (Å²) in [4.78, 5) is 16.3. The van der Waals surface area contributed by atoms with Crippen molar-refractivity contribution in [3.63, 3.8) is 0 Å².